The van der Waals surface area contributed by atoms with Gasteiger partial charge in [-0.25, -0.2) is 9.97 Å². The predicted molar refractivity (Wildman–Crippen MR) is 65.6 cm³/mol. The number of hydrogen-bond acceptors (Lipinski definition) is 4. The topological polar surface area (TPSA) is 63.8 Å². The van der Waals surface area contributed by atoms with E-state index in [4.69, 9.17) is 5.73 Å². The molecule has 1 aliphatic carbocycles. The SMILES string of the molecule is Cc1nc2c(c(NCC(C)N)n1)CCCC2. The Morgan fingerprint density at radius 2 is 2.06 bits per heavy atom. The number of aryl methyl sites for hydroxylation is 2. The van der Waals surface area contributed by atoms with Crippen molar-refractivity contribution < 1.29 is 0 Å². The van der Waals surface area contributed by atoms with Crippen molar-refractivity contribution in [1.29, 1.82) is 0 Å². The molecule has 1 unspecified atom stereocenters. The minimum atomic E-state index is 0.148. The molecule has 0 saturated heterocycles. The molecule has 0 fully saturated rings. The molecule has 1 aliphatic rings. The largest absolute Gasteiger partial charge is 0.368 e. The molecule has 16 heavy (non-hydrogen) atoms. The van der Waals surface area contributed by atoms with E-state index in [-0.39, 0.29) is 6.04 Å². The second-order valence-electron chi connectivity index (χ2n) is 4.61. The zero-order valence-electron chi connectivity index (χ0n) is 10.1. The smallest absolute Gasteiger partial charge is 0.133 e. The van der Waals surface area contributed by atoms with E-state index in [2.05, 4.69) is 15.3 Å². The molecular weight excluding hydrogens is 200 g/mol. The zero-order valence-corrected chi connectivity index (χ0v) is 10.1. The van der Waals surface area contributed by atoms with Crippen LogP contribution in [0.2, 0.25) is 0 Å². The molecule has 1 atom stereocenters. The van der Waals surface area contributed by atoms with Crippen molar-refractivity contribution in [3.8, 4) is 0 Å². The van der Waals surface area contributed by atoms with Crippen molar-refractivity contribution in [3.63, 3.8) is 0 Å². The van der Waals surface area contributed by atoms with Gasteiger partial charge in [0.05, 0.1) is 0 Å². The second-order valence-corrected chi connectivity index (χ2v) is 4.61. The molecule has 0 amide bonds. The fraction of sp³-hybridized carbons (Fsp3) is 0.667. The summed E-state index contributed by atoms with van der Waals surface area (Å²) in [6, 6.07) is 0.148. The van der Waals surface area contributed by atoms with E-state index in [1.807, 2.05) is 13.8 Å². The van der Waals surface area contributed by atoms with Crippen molar-refractivity contribution in [2.75, 3.05) is 11.9 Å². The Hall–Kier alpha value is -1.16. The van der Waals surface area contributed by atoms with Crippen LogP contribution in [0.3, 0.4) is 0 Å². The first-order valence-corrected chi connectivity index (χ1v) is 6.02. The van der Waals surface area contributed by atoms with Gasteiger partial charge >= 0.3 is 0 Å². The van der Waals surface area contributed by atoms with Gasteiger partial charge in [-0.2, -0.15) is 0 Å². The first-order chi connectivity index (χ1) is 7.66. The van der Waals surface area contributed by atoms with Gasteiger partial charge in [0, 0.05) is 23.8 Å². The highest BCUT2D eigenvalue weighted by Crippen LogP contribution is 2.25. The molecule has 0 bridgehead atoms. The minimum Gasteiger partial charge on any atom is -0.368 e. The normalized spacial score (nSPS) is 16.7. The van der Waals surface area contributed by atoms with E-state index in [0.29, 0.717) is 0 Å². The lowest BCUT2D eigenvalue weighted by Gasteiger charge is -2.19. The molecule has 4 heteroatoms. The highest BCUT2D eigenvalue weighted by Gasteiger charge is 2.16. The zero-order chi connectivity index (χ0) is 11.5. The summed E-state index contributed by atoms with van der Waals surface area (Å²) in [6.45, 7) is 4.71. The van der Waals surface area contributed by atoms with E-state index < -0.39 is 0 Å². The average molecular weight is 220 g/mol. The van der Waals surface area contributed by atoms with Gasteiger partial charge in [0.1, 0.15) is 11.6 Å². The van der Waals surface area contributed by atoms with E-state index in [9.17, 15) is 0 Å². The van der Waals surface area contributed by atoms with Crippen LogP contribution in [0.15, 0.2) is 0 Å². The van der Waals surface area contributed by atoms with Crippen LogP contribution >= 0.6 is 0 Å². The van der Waals surface area contributed by atoms with Gasteiger partial charge < -0.3 is 11.1 Å². The van der Waals surface area contributed by atoms with Crippen LogP contribution in [-0.4, -0.2) is 22.6 Å². The molecule has 88 valence electrons. The van der Waals surface area contributed by atoms with E-state index in [0.717, 1.165) is 31.0 Å². The van der Waals surface area contributed by atoms with Gasteiger partial charge in [0.15, 0.2) is 0 Å². The summed E-state index contributed by atoms with van der Waals surface area (Å²) in [5.41, 5.74) is 8.28. The third-order valence-corrected chi connectivity index (χ3v) is 2.89. The van der Waals surface area contributed by atoms with Crippen molar-refractivity contribution in [2.45, 2.75) is 45.6 Å². The van der Waals surface area contributed by atoms with Crippen LogP contribution in [0.4, 0.5) is 5.82 Å². The molecule has 1 aromatic heterocycles. The number of nitrogens with two attached hydrogens (primary N) is 1. The van der Waals surface area contributed by atoms with Crippen LogP contribution in [0.25, 0.3) is 0 Å². The Morgan fingerprint density at radius 1 is 1.31 bits per heavy atom. The monoisotopic (exact) mass is 220 g/mol. The minimum absolute atomic E-state index is 0.148. The van der Waals surface area contributed by atoms with E-state index in [1.165, 1.54) is 24.1 Å². The molecule has 4 nitrogen and oxygen atoms in total. The van der Waals surface area contributed by atoms with Crippen molar-refractivity contribution in [1.82, 2.24) is 9.97 Å². The van der Waals surface area contributed by atoms with Gasteiger partial charge in [-0.3, -0.25) is 0 Å². The molecule has 3 N–H and O–H groups in total. The van der Waals surface area contributed by atoms with Gasteiger partial charge in [0.25, 0.3) is 0 Å². The number of anilines is 1. The Balaban J connectivity index is 2.25. The number of aromatic nitrogens is 2. The maximum absolute atomic E-state index is 5.75. The summed E-state index contributed by atoms with van der Waals surface area (Å²) in [7, 11) is 0. The third kappa shape index (κ3) is 2.50. The lowest BCUT2D eigenvalue weighted by Crippen LogP contribution is -2.26. The summed E-state index contributed by atoms with van der Waals surface area (Å²) in [6.07, 6.45) is 4.67. The fourth-order valence-corrected chi connectivity index (χ4v) is 2.12. The molecule has 0 spiro atoms. The van der Waals surface area contributed by atoms with Gasteiger partial charge in [-0.15, -0.1) is 0 Å². The Morgan fingerprint density at radius 3 is 2.81 bits per heavy atom. The van der Waals surface area contributed by atoms with Gasteiger partial charge in [-0.05, 0) is 39.5 Å². The van der Waals surface area contributed by atoms with Gasteiger partial charge in [-0.1, -0.05) is 0 Å². The fourth-order valence-electron chi connectivity index (χ4n) is 2.12. The third-order valence-electron chi connectivity index (χ3n) is 2.89. The van der Waals surface area contributed by atoms with Gasteiger partial charge in [0.2, 0.25) is 0 Å². The second kappa shape index (κ2) is 4.78. The maximum Gasteiger partial charge on any atom is 0.133 e. The first-order valence-electron chi connectivity index (χ1n) is 6.02. The Labute approximate surface area is 96.7 Å². The van der Waals surface area contributed by atoms with Crippen LogP contribution in [0.1, 0.15) is 36.8 Å². The van der Waals surface area contributed by atoms with E-state index >= 15 is 0 Å². The predicted octanol–water partition coefficient (Wildman–Crippen LogP) is 1.42. The van der Waals surface area contributed by atoms with Crippen LogP contribution in [0.5, 0.6) is 0 Å². The molecule has 1 heterocycles. The number of hydrogen-bond donors (Lipinski definition) is 2. The Bertz CT molecular complexity index is 374. The number of nitrogens with one attached hydrogen (secondary N) is 1. The van der Waals surface area contributed by atoms with Crippen molar-refractivity contribution in [2.24, 2.45) is 5.73 Å². The molecule has 0 saturated carbocycles. The van der Waals surface area contributed by atoms with E-state index in [1.54, 1.807) is 0 Å². The lowest BCUT2D eigenvalue weighted by molar-refractivity contribution is 0.657. The first kappa shape index (κ1) is 11.3. The highest BCUT2D eigenvalue weighted by molar-refractivity contribution is 5.47. The molecular formula is C12H20N4. The summed E-state index contributed by atoms with van der Waals surface area (Å²) in [5, 5.41) is 3.34. The highest BCUT2D eigenvalue weighted by atomic mass is 15.0. The van der Waals surface area contributed by atoms with Crippen molar-refractivity contribution in [3.05, 3.63) is 17.1 Å². The quantitative estimate of drug-likeness (QED) is 0.808. The van der Waals surface area contributed by atoms with Crippen LogP contribution < -0.4 is 11.1 Å². The number of fused-ring (bicyclic) bond motifs is 1. The molecule has 0 radical (unpaired) electrons. The van der Waals surface area contributed by atoms with Crippen LogP contribution in [0, 0.1) is 6.92 Å². The number of rotatable bonds is 3. The van der Waals surface area contributed by atoms with Crippen molar-refractivity contribution >= 4 is 5.82 Å². The summed E-state index contributed by atoms with van der Waals surface area (Å²) in [4.78, 5) is 9.00. The summed E-state index contributed by atoms with van der Waals surface area (Å²) in [5.74, 6) is 1.85. The molecule has 0 aliphatic heterocycles. The molecule has 0 aromatic carbocycles. The summed E-state index contributed by atoms with van der Waals surface area (Å²) < 4.78 is 0. The Kier molecular flexibility index (Phi) is 3.39. The average Bonchev–Trinajstić information content (AvgIpc) is 2.25. The lowest BCUT2D eigenvalue weighted by atomic mass is 9.96. The maximum atomic E-state index is 5.75. The number of nitrogens with zero attached hydrogens (tertiary/aromatic N) is 2. The summed E-state index contributed by atoms with van der Waals surface area (Å²) >= 11 is 0. The van der Waals surface area contributed by atoms with Crippen LogP contribution in [-0.2, 0) is 12.8 Å². The molecule has 2 rings (SSSR count). The standard InChI is InChI=1S/C12H20N4/c1-8(13)7-14-12-10-5-3-4-6-11(10)15-9(2)16-12/h8H,3-7,13H2,1-2H3,(H,14,15,16). The molecule has 1 aromatic rings.